The first-order valence-corrected chi connectivity index (χ1v) is 1.90. The molecule has 4 nitrogen and oxygen atoms in total. The van der Waals surface area contributed by atoms with Crippen molar-refractivity contribution in [3.05, 3.63) is 5.70 Å². The molecule has 0 spiro atoms. The van der Waals surface area contributed by atoms with Gasteiger partial charge in [0.2, 0.25) is 6.41 Å². The minimum absolute atomic E-state index is 0.153. The average Bonchev–Trinajstić information content (AvgIpc) is 1.83. The molecule has 0 bridgehead atoms. The first kappa shape index (κ1) is 6.88. The van der Waals surface area contributed by atoms with Gasteiger partial charge in [-0.1, -0.05) is 0 Å². The zero-order valence-corrected chi connectivity index (χ0v) is 4.05. The zero-order valence-electron chi connectivity index (χ0n) is 4.05. The second-order valence-corrected chi connectivity index (χ2v) is 1.00. The highest BCUT2D eigenvalue weighted by molar-refractivity contribution is 5.60. The van der Waals surface area contributed by atoms with Crippen LogP contribution in [0.1, 0.15) is 0 Å². The third-order valence-corrected chi connectivity index (χ3v) is 0.514. The second-order valence-electron chi connectivity index (χ2n) is 1.00. The van der Waals surface area contributed by atoms with E-state index in [0.717, 1.165) is 0 Å². The second kappa shape index (κ2) is 4.05. The highest BCUT2D eigenvalue weighted by Crippen LogP contribution is 1.71. The Labute approximate surface area is 45.8 Å². The molecule has 0 heterocycles. The van der Waals surface area contributed by atoms with Crippen LogP contribution >= 0.6 is 0 Å². The van der Waals surface area contributed by atoms with Gasteiger partial charge in [-0.2, -0.15) is 0 Å². The van der Waals surface area contributed by atoms with E-state index in [1.165, 1.54) is 5.94 Å². The maximum Gasteiger partial charge on any atom is 0.211 e. The summed E-state index contributed by atoms with van der Waals surface area (Å²) in [5.41, 5.74) is -0.153. The van der Waals surface area contributed by atoms with Crippen molar-refractivity contribution in [3.8, 4) is 0 Å². The lowest BCUT2D eigenvalue weighted by Gasteiger charge is -1.89. The van der Waals surface area contributed by atoms with E-state index in [4.69, 9.17) is 5.11 Å². The molecule has 0 saturated carbocycles. The molecule has 8 heavy (non-hydrogen) atoms. The Kier molecular flexibility index (Phi) is 3.48. The maximum atomic E-state index is 9.58. The minimum Gasteiger partial charge on any atom is -0.389 e. The van der Waals surface area contributed by atoms with Crippen molar-refractivity contribution in [2.45, 2.75) is 0 Å². The fraction of sp³-hybridized carbons (Fsp3) is 0.250. The molecular formula is C4H5NO3. The monoisotopic (exact) mass is 115 g/mol. The first-order valence-electron chi connectivity index (χ1n) is 1.90. The average molecular weight is 115 g/mol. The van der Waals surface area contributed by atoms with Crippen LogP contribution in [0.25, 0.3) is 0 Å². The smallest absolute Gasteiger partial charge is 0.211 e. The van der Waals surface area contributed by atoms with E-state index in [9.17, 15) is 9.59 Å². The molecule has 0 aromatic carbocycles. The van der Waals surface area contributed by atoms with E-state index < -0.39 is 6.61 Å². The molecule has 0 unspecified atom stereocenters. The number of hydrogen-bond donors (Lipinski definition) is 2. The van der Waals surface area contributed by atoms with Gasteiger partial charge in [0.25, 0.3) is 0 Å². The predicted octanol–water partition coefficient (Wildman–Crippen LogP) is -1.56. The van der Waals surface area contributed by atoms with Crippen molar-refractivity contribution < 1.29 is 14.7 Å². The lowest BCUT2D eigenvalue weighted by Crippen LogP contribution is -2.13. The van der Waals surface area contributed by atoms with Crippen LogP contribution in [0.4, 0.5) is 0 Å². The molecule has 0 aromatic heterocycles. The fourth-order valence-electron chi connectivity index (χ4n) is 0.179. The SMILES string of the molecule is O=C=C(CO)NC=O. The molecule has 0 saturated heterocycles. The number of aliphatic hydroxyl groups is 1. The van der Waals surface area contributed by atoms with E-state index in [1.54, 1.807) is 0 Å². The maximum absolute atomic E-state index is 9.58. The van der Waals surface area contributed by atoms with Gasteiger partial charge in [0.1, 0.15) is 11.6 Å². The van der Waals surface area contributed by atoms with Gasteiger partial charge in [-0.15, -0.1) is 0 Å². The molecule has 0 radical (unpaired) electrons. The summed E-state index contributed by atoms with van der Waals surface area (Å²) < 4.78 is 0. The lowest BCUT2D eigenvalue weighted by molar-refractivity contribution is -0.109. The summed E-state index contributed by atoms with van der Waals surface area (Å²) >= 11 is 0. The number of rotatable bonds is 3. The van der Waals surface area contributed by atoms with Gasteiger partial charge in [-0.3, -0.25) is 4.79 Å². The number of amides is 1. The van der Waals surface area contributed by atoms with Gasteiger partial charge in [-0.25, -0.2) is 4.79 Å². The molecule has 0 rings (SSSR count). The van der Waals surface area contributed by atoms with Crippen LogP contribution in [0.15, 0.2) is 5.70 Å². The topological polar surface area (TPSA) is 66.4 Å². The molecule has 0 fully saturated rings. The number of carbonyl (C=O) groups is 1. The van der Waals surface area contributed by atoms with Gasteiger partial charge in [0, 0.05) is 0 Å². The molecular weight excluding hydrogens is 110 g/mol. The number of carbonyl (C=O) groups excluding carboxylic acids is 2. The molecule has 0 atom stereocenters. The third-order valence-electron chi connectivity index (χ3n) is 0.514. The molecule has 0 aliphatic heterocycles. The molecule has 44 valence electrons. The number of hydrogen-bond acceptors (Lipinski definition) is 3. The Hall–Kier alpha value is -1.12. The highest BCUT2D eigenvalue weighted by Gasteiger charge is 1.88. The van der Waals surface area contributed by atoms with Crippen molar-refractivity contribution >= 4 is 12.4 Å². The summed E-state index contributed by atoms with van der Waals surface area (Å²) in [7, 11) is 0. The molecule has 0 aromatic rings. The summed E-state index contributed by atoms with van der Waals surface area (Å²) in [6, 6.07) is 0. The normalized spacial score (nSPS) is 7.12. The van der Waals surface area contributed by atoms with Crippen LogP contribution in [0.2, 0.25) is 0 Å². The van der Waals surface area contributed by atoms with Crippen LogP contribution in [0, 0.1) is 0 Å². The summed E-state index contributed by atoms with van der Waals surface area (Å²) in [6.07, 6.45) is 0.302. The van der Waals surface area contributed by atoms with Gasteiger partial charge in [-0.05, 0) is 0 Å². The van der Waals surface area contributed by atoms with Crippen LogP contribution in [-0.2, 0) is 9.59 Å². The van der Waals surface area contributed by atoms with Gasteiger partial charge in [0.05, 0.1) is 6.61 Å². The van der Waals surface area contributed by atoms with E-state index in [2.05, 4.69) is 0 Å². The van der Waals surface area contributed by atoms with E-state index >= 15 is 0 Å². The van der Waals surface area contributed by atoms with Crippen molar-refractivity contribution in [1.29, 1.82) is 0 Å². The van der Waals surface area contributed by atoms with Gasteiger partial charge >= 0.3 is 0 Å². The number of nitrogens with one attached hydrogen (secondary N) is 1. The van der Waals surface area contributed by atoms with Crippen molar-refractivity contribution in [2.75, 3.05) is 6.61 Å². The largest absolute Gasteiger partial charge is 0.389 e. The highest BCUT2D eigenvalue weighted by atomic mass is 16.3. The summed E-state index contributed by atoms with van der Waals surface area (Å²) in [5.74, 6) is 1.33. The quantitative estimate of drug-likeness (QED) is 0.345. The van der Waals surface area contributed by atoms with E-state index in [1.807, 2.05) is 5.32 Å². The first-order chi connectivity index (χ1) is 3.85. The molecule has 2 N–H and O–H groups in total. The van der Waals surface area contributed by atoms with E-state index in [-0.39, 0.29) is 5.70 Å². The van der Waals surface area contributed by atoms with Crippen LogP contribution < -0.4 is 5.32 Å². The van der Waals surface area contributed by atoms with E-state index in [0.29, 0.717) is 6.41 Å². The molecule has 1 amide bonds. The number of aliphatic hydroxyl groups excluding tert-OH is 1. The molecule has 0 aliphatic carbocycles. The summed E-state index contributed by atoms with van der Waals surface area (Å²) in [5, 5.41) is 10.1. The standard InChI is InChI=1S/C4H5NO3/c6-1-4(2-7)5-3-8/h3,6H,1H2,(H,5,8). The van der Waals surface area contributed by atoms with Crippen molar-refractivity contribution in [3.63, 3.8) is 0 Å². The Morgan fingerprint density at radius 2 is 2.50 bits per heavy atom. The lowest BCUT2D eigenvalue weighted by atomic mass is 10.5. The zero-order chi connectivity index (χ0) is 6.41. The van der Waals surface area contributed by atoms with Crippen LogP contribution in [0.3, 0.4) is 0 Å². The molecule has 0 aliphatic rings. The Bertz CT molecular complexity index is 125. The Morgan fingerprint density at radius 1 is 1.88 bits per heavy atom. The third kappa shape index (κ3) is 2.12. The summed E-state index contributed by atoms with van der Waals surface area (Å²) in [4.78, 5) is 19.1. The van der Waals surface area contributed by atoms with Crippen LogP contribution in [0.5, 0.6) is 0 Å². The minimum atomic E-state index is -0.484. The Balaban J connectivity index is 3.72. The molecule has 4 heteroatoms. The van der Waals surface area contributed by atoms with Gasteiger partial charge in [0.15, 0.2) is 0 Å². The van der Waals surface area contributed by atoms with Crippen LogP contribution in [-0.4, -0.2) is 24.1 Å². The Morgan fingerprint density at radius 3 is 2.62 bits per heavy atom. The van der Waals surface area contributed by atoms with Crippen molar-refractivity contribution in [1.82, 2.24) is 5.32 Å². The van der Waals surface area contributed by atoms with Crippen molar-refractivity contribution in [2.24, 2.45) is 0 Å². The summed E-state index contributed by atoms with van der Waals surface area (Å²) in [6.45, 7) is -0.484. The fourth-order valence-corrected chi connectivity index (χ4v) is 0.179. The van der Waals surface area contributed by atoms with Gasteiger partial charge < -0.3 is 10.4 Å². The predicted molar refractivity (Wildman–Crippen MR) is 25.5 cm³/mol.